The van der Waals surface area contributed by atoms with Gasteiger partial charge in [0.15, 0.2) is 11.5 Å². The number of fused-ring (bicyclic) bond motifs is 1. The Morgan fingerprint density at radius 2 is 1.58 bits per heavy atom. The molecule has 0 fully saturated rings. The van der Waals surface area contributed by atoms with Crippen LogP contribution < -0.4 is 14.2 Å². The Hall–Kier alpha value is -2.57. The first-order valence-corrected chi connectivity index (χ1v) is 9.66. The molecule has 0 aliphatic carbocycles. The van der Waals surface area contributed by atoms with Gasteiger partial charge in [0, 0.05) is 12.1 Å². The van der Waals surface area contributed by atoms with Crippen molar-refractivity contribution < 1.29 is 17.9 Å². The highest BCUT2D eigenvalue weighted by Crippen LogP contribution is 2.30. The van der Waals surface area contributed by atoms with E-state index in [0.717, 1.165) is 16.3 Å². The van der Waals surface area contributed by atoms with Crippen molar-refractivity contribution in [1.29, 1.82) is 0 Å². The molecule has 0 bridgehead atoms. The van der Waals surface area contributed by atoms with Crippen LogP contribution >= 0.6 is 0 Å². The molecular weight excluding hydrogens is 350 g/mol. The lowest BCUT2D eigenvalue weighted by Crippen LogP contribution is -2.27. The fraction of sp³-hybridized carbons (Fsp3) is 0.200. The summed E-state index contributed by atoms with van der Waals surface area (Å²) in [4.78, 5) is 0.127. The summed E-state index contributed by atoms with van der Waals surface area (Å²) in [5, 5.41) is 2.10. The summed E-state index contributed by atoms with van der Waals surface area (Å²) in [6, 6.07) is 17.9. The molecule has 0 aromatic heterocycles. The van der Waals surface area contributed by atoms with Gasteiger partial charge in [-0.25, -0.2) is 13.1 Å². The molecule has 3 rings (SSSR count). The highest BCUT2D eigenvalue weighted by Gasteiger charge is 2.21. The number of sulfonamides is 1. The standard InChI is InChI=1S/C20H21NO4S/c1-14(17-10-6-8-15-7-4-5-9-18(15)17)21-26(22,23)16-11-12-19(24-2)20(13-16)25-3/h4-14,21H,1-3H3. The van der Waals surface area contributed by atoms with Crippen LogP contribution in [0, 0.1) is 0 Å². The Kier molecular flexibility index (Phi) is 5.15. The van der Waals surface area contributed by atoms with Crippen LogP contribution in [0.3, 0.4) is 0 Å². The van der Waals surface area contributed by atoms with Gasteiger partial charge in [0.1, 0.15) is 0 Å². The average molecular weight is 371 g/mol. The van der Waals surface area contributed by atoms with Crippen molar-refractivity contribution in [2.24, 2.45) is 0 Å². The first-order chi connectivity index (χ1) is 12.5. The summed E-state index contributed by atoms with van der Waals surface area (Å²) < 4.78 is 38.7. The monoisotopic (exact) mass is 371 g/mol. The van der Waals surface area contributed by atoms with E-state index < -0.39 is 10.0 Å². The Morgan fingerprint density at radius 3 is 2.31 bits per heavy atom. The van der Waals surface area contributed by atoms with E-state index in [4.69, 9.17) is 9.47 Å². The molecule has 0 aliphatic heterocycles. The van der Waals surface area contributed by atoms with E-state index in [1.807, 2.05) is 49.4 Å². The first kappa shape index (κ1) is 18.2. The SMILES string of the molecule is COc1ccc(S(=O)(=O)NC(C)c2cccc3ccccc23)cc1OC. The third-order valence-corrected chi connectivity index (χ3v) is 5.83. The zero-order valence-electron chi connectivity index (χ0n) is 14.9. The van der Waals surface area contributed by atoms with Gasteiger partial charge in [-0.15, -0.1) is 0 Å². The minimum Gasteiger partial charge on any atom is -0.493 e. The van der Waals surface area contributed by atoms with Gasteiger partial charge in [0.2, 0.25) is 10.0 Å². The molecule has 0 aliphatic rings. The van der Waals surface area contributed by atoms with Gasteiger partial charge in [0.05, 0.1) is 19.1 Å². The maximum atomic E-state index is 12.8. The van der Waals surface area contributed by atoms with Crippen molar-refractivity contribution in [3.05, 3.63) is 66.2 Å². The second-order valence-electron chi connectivity index (χ2n) is 5.93. The zero-order chi connectivity index (χ0) is 18.7. The number of nitrogens with one attached hydrogen (secondary N) is 1. The summed E-state index contributed by atoms with van der Waals surface area (Å²) in [6.07, 6.45) is 0. The average Bonchev–Trinajstić information content (AvgIpc) is 2.66. The molecule has 0 saturated carbocycles. The van der Waals surface area contributed by atoms with Crippen LogP contribution in [0.15, 0.2) is 65.6 Å². The van der Waals surface area contributed by atoms with Crippen molar-refractivity contribution in [3.8, 4) is 11.5 Å². The molecular formula is C20H21NO4S. The maximum absolute atomic E-state index is 12.8. The van der Waals surface area contributed by atoms with Gasteiger partial charge in [-0.1, -0.05) is 42.5 Å². The molecule has 26 heavy (non-hydrogen) atoms. The summed E-state index contributed by atoms with van der Waals surface area (Å²) in [5.74, 6) is 0.849. The Balaban J connectivity index is 1.94. The Labute approximate surface area is 153 Å². The molecule has 136 valence electrons. The van der Waals surface area contributed by atoms with Gasteiger partial charge in [0.25, 0.3) is 0 Å². The van der Waals surface area contributed by atoms with E-state index in [0.29, 0.717) is 11.5 Å². The van der Waals surface area contributed by atoms with Crippen LogP contribution in [0.4, 0.5) is 0 Å². The van der Waals surface area contributed by atoms with Crippen LogP contribution in [0.25, 0.3) is 10.8 Å². The molecule has 1 atom stereocenters. The van der Waals surface area contributed by atoms with E-state index in [-0.39, 0.29) is 10.9 Å². The first-order valence-electron chi connectivity index (χ1n) is 8.18. The largest absolute Gasteiger partial charge is 0.493 e. The Morgan fingerprint density at radius 1 is 0.885 bits per heavy atom. The molecule has 3 aromatic rings. The van der Waals surface area contributed by atoms with E-state index in [2.05, 4.69) is 4.72 Å². The molecule has 0 saturated heterocycles. The van der Waals surface area contributed by atoms with E-state index in [1.54, 1.807) is 6.07 Å². The number of ether oxygens (including phenoxy) is 2. The van der Waals surface area contributed by atoms with Gasteiger partial charge in [-0.05, 0) is 35.4 Å². The highest BCUT2D eigenvalue weighted by atomic mass is 32.2. The third-order valence-electron chi connectivity index (χ3n) is 4.29. The second kappa shape index (κ2) is 7.35. The number of hydrogen-bond donors (Lipinski definition) is 1. The third kappa shape index (κ3) is 3.52. The van der Waals surface area contributed by atoms with Gasteiger partial charge in [-0.3, -0.25) is 0 Å². The quantitative estimate of drug-likeness (QED) is 0.714. The summed E-state index contributed by atoms with van der Waals surface area (Å²) in [6.45, 7) is 1.83. The molecule has 0 spiro atoms. The molecule has 0 amide bonds. The molecule has 1 unspecified atom stereocenters. The minimum atomic E-state index is -3.72. The number of methoxy groups -OCH3 is 2. The zero-order valence-corrected chi connectivity index (χ0v) is 15.7. The molecule has 0 heterocycles. The predicted octanol–water partition coefficient (Wildman–Crippen LogP) is 3.90. The van der Waals surface area contributed by atoms with Crippen molar-refractivity contribution in [2.75, 3.05) is 14.2 Å². The van der Waals surface area contributed by atoms with E-state index >= 15 is 0 Å². The summed E-state index contributed by atoms with van der Waals surface area (Å²) >= 11 is 0. The van der Waals surface area contributed by atoms with E-state index in [9.17, 15) is 8.42 Å². The number of rotatable bonds is 6. The van der Waals surface area contributed by atoms with Gasteiger partial charge in [-0.2, -0.15) is 0 Å². The van der Waals surface area contributed by atoms with Gasteiger partial charge >= 0.3 is 0 Å². The van der Waals surface area contributed by atoms with Crippen LogP contribution in [-0.2, 0) is 10.0 Å². The highest BCUT2D eigenvalue weighted by molar-refractivity contribution is 7.89. The van der Waals surface area contributed by atoms with Crippen molar-refractivity contribution >= 4 is 20.8 Å². The molecule has 3 aromatic carbocycles. The summed E-state index contributed by atoms with van der Waals surface area (Å²) in [7, 11) is -0.740. The van der Waals surface area contributed by atoms with E-state index in [1.165, 1.54) is 26.4 Å². The van der Waals surface area contributed by atoms with Crippen LogP contribution in [0.2, 0.25) is 0 Å². The Bertz CT molecular complexity index is 1030. The van der Waals surface area contributed by atoms with Crippen LogP contribution in [0.1, 0.15) is 18.5 Å². The topological polar surface area (TPSA) is 64.6 Å². The second-order valence-corrected chi connectivity index (χ2v) is 7.64. The normalized spacial score (nSPS) is 12.7. The van der Waals surface area contributed by atoms with Crippen LogP contribution in [0.5, 0.6) is 11.5 Å². The maximum Gasteiger partial charge on any atom is 0.241 e. The lowest BCUT2D eigenvalue weighted by Gasteiger charge is -2.17. The lowest BCUT2D eigenvalue weighted by molar-refractivity contribution is 0.354. The molecule has 6 heteroatoms. The molecule has 5 nitrogen and oxygen atoms in total. The lowest BCUT2D eigenvalue weighted by atomic mass is 10.0. The minimum absolute atomic E-state index is 0.127. The fourth-order valence-corrected chi connectivity index (χ4v) is 4.21. The molecule has 0 radical (unpaired) electrons. The van der Waals surface area contributed by atoms with Crippen molar-refractivity contribution in [3.63, 3.8) is 0 Å². The predicted molar refractivity (Wildman–Crippen MR) is 102 cm³/mol. The fourth-order valence-electron chi connectivity index (χ4n) is 2.98. The van der Waals surface area contributed by atoms with Crippen LogP contribution in [-0.4, -0.2) is 22.6 Å². The smallest absolute Gasteiger partial charge is 0.241 e. The summed E-state index contributed by atoms with van der Waals surface area (Å²) in [5.41, 5.74) is 0.923. The number of benzene rings is 3. The van der Waals surface area contributed by atoms with Crippen molar-refractivity contribution in [1.82, 2.24) is 4.72 Å². The molecule has 1 N–H and O–H groups in total. The van der Waals surface area contributed by atoms with Gasteiger partial charge < -0.3 is 9.47 Å². The number of hydrogen-bond acceptors (Lipinski definition) is 4. The van der Waals surface area contributed by atoms with Crippen molar-refractivity contribution in [2.45, 2.75) is 17.9 Å².